The standard InChI is InChI=1S/C12H17N.2O.Re/c1-8(2)10-6-5-7-11(9(3)4)12(10)13;;;/h5-9H,1-4H3;;;. The summed E-state index contributed by atoms with van der Waals surface area (Å²) in [5.74, 6) is 0.580. The fraction of sp³-hybridized carbons (Fsp3) is 0.500. The summed E-state index contributed by atoms with van der Waals surface area (Å²) in [7, 11) is 0. The molecule has 0 aliphatic carbocycles. The van der Waals surface area contributed by atoms with Gasteiger partial charge in [-0.3, -0.25) is 0 Å². The summed E-state index contributed by atoms with van der Waals surface area (Å²) in [6.45, 7) is 8.21. The van der Waals surface area contributed by atoms with Crippen LogP contribution in [-0.4, -0.2) is 0 Å². The van der Waals surface area contributed by atoms with Crippen LogP contribution in [0.3, 0.4) is 0 Å². The Morgan fingerprint density at radius 1 is 1.00 bits per heavy atom. The van der Waals surface area contributed by atoms with E-state index in [2.05, 4.69) is 31.3 Å². The van der Waals surface area contributed by atoms with E-state index in [0.29, 0.717) is 11.6 Å². The number of hydrogen-bond acceptors (Lipinski definition) is 3. The van der Waals surface area contributed by atoms with Gasteiger partial charge in [-0.25, -0.2) is 0 Å². The van der Waals surface area contributed by atoms with E-state index in [1.54, 1.807) is 0 Å². The molecule has 0 amide bonds. The van der Waals surface area contributed by atoms with Crippen molar-refractivity contribution in [2.24, 2.45) is 3.57 Å². The summed E-state index contributed by atoms with van der Waals surface area (Å²) in [5, 5.41) is 0. The molecule has 3 nitrogen and oxygen atoms in total. The van der Waals surface area contributed by atoms with Crippen molar-refractivity contribution < 1.29 is 23.4 Å². The topological polar surface area (TPSA) is 46.5 Å². The number of nitrogens with zero attached hydrogens (tertiary/aromatic N) is 1. The molecule has 89 valence electrons. The summed E-state index contributed by atoms with van der Waals surface area (Å²) in [5.41, 5.74) is 2.72. The average molecular weight is 393 g/mol. The van der Waals surface area contributed by atoms with Gasteiger partial charge in [-0.2, -0.15) is 0 Å². The van der Waals surface area contributed by atoms with Gasteiger partial charge in [-0.15, -0.1) is 0 Å². The van der Waals surface area contributed by atoms with Crippen molar-refractivity contribution in [3.63, 3.8) is 0 Å². The summed E-state index contributed by atoms with van der Waals surface area (Å²) < 4.78 is 25.7. The van der Waals surface area contributed by atoms with E-state index in [-0.39, 0.29) is 5.92 Å². The third-order valence-electron chi connectivity index (χ3n) is 2.50. The van der Waals surface area contributed by atoms with Gasteiger partial charge in [-0.1, -0.05) is 0 Å². The van der Waals surface area contributed by atoms with Crippen LogP contribution >= 0.6 is 0 Å². The zero-order valence-electron chi connectivity index (χ0n) is 10.0. The molecule has 4 heteroatoms. The van der Waals surface area contributed by atoms with E-state index in [9.17, 15) is 6.94 Å². The van der Waals surface area contributed by atoms with E-state index in [0.717, 1.165) is 11.1 Å². The first-order valence-electron chi connectivity index (χ1n) is 5.33. The fourth-order valence-corrected chi connectivity index (χ4v) is 2.88. The molecule has 1 aromatic carbocycles. The van der Waals surface area contributed by atoms with Crippen molar-refractivity contribution >= 4 is 5.69 Å². The van der Waals surface area contributed by atoms with Crippen molar-refractivity contribution in [2.45, 2.75) is 39.5 Å². The summed E-state index contributed by atoms with van der Waals surface area (Å²) in [6.07, 6.45) is 0. The van der Waals surface area contributed by atoms with E-state index in [4.69, 9.17) is 0 Å². The van der Waals surface area contributed by atoms with Gasteiger partial charge in [0.05, 0.1) is 0 Å². The van der Waals surface area contributed by atoms with E-state index in [1.165, 1.54) is 0 Å². The molecule has 16 heavy (non-hydrogen) atoms. The quantitative estimate of drug-likeness (QED) is 0.778. The fourth-order valence-electron chi connectivity index (χ4n) is 1.68. The van der Waals surface area contributed by atoms with Gasteiger partial charge in [0.2, 0.25) is 0 Å². The van der Waals surface area contributed by atoms with Crippen LogP contribution in [0.25, 0.3) is 0 Å². The van der Waals surface area contributed by atoms with Crippen molar-refractivity contribution in [1.82, 2.24) is 0 Å². The van der Waals surface area contributed by atoms with E-state index >= 15 is 0 Å². The molecule has 1 rings (SSSR count). The second-order valence-electron chi connectivity index (χ2n) is 4.38. The van der Waals surface area contributed by atoms with Crippen LogP contribution in [-0.2, 0) is 23.4 Å². The second kappa shape index (κ2) is 5.56. The van der Waals surface area contributed by atoms with Crippen LogP contribution in [0.2, 0.25) is 0 Å². The van der Waals surface area contributed by atoms with Crippen molar-refractivity contribution in [3.05, 3.63) is 29.3 Å². The number of benzene rings is 1. The third kappa shape index (κ3) is 3.13. The maximum atomic E-state index is 10.9. The van der Waals surface area contributed by atoms with Gasteiger partial charge in [0.15, 0.2) is 0 Å². The molecule has 1 aromatic rings. The van der Waals surface area contributed by atoms with Crippen LogP contribution in [0.15, 0.2) is 21.8 Å². The SMILES string of the molecule is CC(C)c1cccc(C(C)C)c1[N]=[Re](=[O])=[O]. The predicted octanol–water partition coefficient (Wildman–Crippen LogP) is 4.06. The Labute approximate surface area is 102 Å². The Morgan fingerprint density at radius 3 is 1.75 bits per heavy atom. The molecule has 0 aromatic heterocycles. The molecule has 0 N–H and O–H groups in total. The normalized spacial score (nSPS) is 10.9. The van der Waals surface area contributed by atoms with Gasteiger partial charge in [0, 0.05) is 0 Å². The van der Waals surface area contributed by atoms with Crippen molar-refractivity contribution in [2.75, 3.05) is 0 Å². The van der Waals surface area contributed by atoms with Crippen LogP contribution in [0.4, 0.5) is 5.69 Å². The first-order valence-corrected chi connectivity index (χ1v) is 8.76. The van der Waals surface area contributed by atoms with Crippen LogP contribution in [0, 0.1) is 0 Å². The van der Waals surface area contributed by atoms with E-state index < -0.39 is 16.5 Å². The number of hydrogen-bond donors (Lipinski definition) is 0. The molecule has 0 saturated carbocycles. The Bertz CT molecular complexity index is 468. The molecule has 0 spiro atoms. The van der Waals surface area contributed by atoms with Crippen molar-refractivity contribution in [3.8, 4) is 0 Å². The van der Waals surface area contributed by atoms with Crippen LogP contribution < -0.4 is 0 Å². The molecular formula is C12H17NO2Re. The second-order valence-corrected chi connectivity index (χ2v) is 6.43. The minimum atomic E-state index is -3.83. The molecule has 0 heterocycles. The zero-order valence-corrected chi connectivity index (χ0v) is 12.7. The first-order chi connectivity index (χ1) is 7.43. The van der Waals surface area contributed by atoms with Crippen LogP contribution in [0.1, 0.15) is 50.7 Å². The first kappa shape index (κ1) is 13.3. The zero-order chi connectivity index (χ0) is 12.3. The average Bonchev–Trinajstić information content (AvgIpc) is 2.16. The van der Waals surface area contributed by atoms with Crippen molar-refractivity contribution in [1.29, 1.82) is 0 Å². The van der Waals surface area contributed by atoms with Gasteiger partial charge < -0.3 is 0 Å². The molecule has 0 aliphatic heterocycles. The molecule has 0 aliphatic rings. The van der Waals surface area contributed by atoms with Gasteiger partial charge in [0.25, 0.3) is 0 Å². The third-order valence-corrected chi connectivity index (χ3v) is 3.60. The molecule has 0 unspecified atom stereocenters. The van der Waals surface area contributed by atoms with E-state index in [1.807, 2.05) is 18.2 Å². The Morgan fingerprint density at radius 2 is 1.44 bits per heavy atom. The monoisotopic (exact) mass is 394 g/mol. The van der Waals surface area contributed by atoms with Crippen LogP contribution in [0.5, 0.6) is 0 Å². The Kier molecular flexibility index (Phi) is 4.64. The number of rotatable bonds is 3. The van der Waals surface area contributed by atoms with Gasteiger partial charge in [-0.05, 0) is 0 Å². The molecule has 0 saturated heterocycles. The molecule has 0 bridgehead atoms. The summed E-state index contributed by atoms with van der Waals surface area (Å²) in [4.78, 5) is 0. The molecular weight excluding hydrogens is 376 g/mol. The Balaban J connectivity index is 3.53. The van der Waals surface area contributed by atoms with Gasteiger partial charge in [0.1, 0.15) is 0 Å². The minimum absolute atomic E-state index is 0.290. The molecule has 0 atom stereocenters. The molecule has 0 radical (unpaired) electrons. The maximum absolute atomic E-state index is 10.9. The van der Waals surface area contributed by atoms with Gasteiger partial charge >= 0.3 is 102 Å². The molecule has 0 fully saturated rings. The summed E-state index contributed by atoms with van der Waals surface area (Å²) in [6, 6.07) is 5.89. The Hall–Kier alpha value is -0.718. The summed E-state index contributed by atoms with van der Waals surface area (Å²) >= 11 is -3.83. The predicted molar refractivity (Wildman–Crippen MR) is 58.1 cm³/mol.